The summed E-state index contributed by atoms with van der Waals surface area (Å²) in [4.78, 5) is 0. The molecule has 0 amide bonds. The van der Waals surface area contributed by atoms with E-state index in [0.29, 0.717) is 13.2 Å². The van der Waals surface area contributed by atoms with Crippen molar-refractivity contribution < 1.29 is 19.3 Å². The molecule has 0 unspecified atom stereocenters. The van der Waals surface area contributed by atoms with Crippen molar-refractivity contribution in [3.63, 3.8) is 0 Å². The van der Waals surface area contributed by atoms with E-state index in [1.807, 2.05) is 30.3 Å². The van der Waals surface area contributed by atoms with Crippen molar-refractivity contribution in [1.82, 2.24) is 0 Å². The Morgan fingerprint density at radius 3 is 2.59 bits per heavy atom. The van der Waals surface area contributed by atoms with E-state index in [9.17, 15) is 0 Å². The Bertz CT molecular complexity index is 319. The van der Waals surface area contributed by atoms with E-state index >= 15 is 0 Å². The summed E-state index contributed by atoms with van der Waals surface area (Å²) in [7, 11) is 1.63. The summed E-state index contributed by atoms with van der Waals surface area (Å²) < 4.78 is 15.4. The van der Waals surface area contributed by atoms with Gasteiger partial charge in [0.05, 0.1) is 19.8 Å². The molecule has 0 radical (unpaired) electrons. The monoisotopic (exact) mass is 238 g/mol. The Hall–Kier alpha value is -1.36. The molecule has 0 aromatic heterocycles. The zero-order valence-corrected chi connectivity index (χ0v) is 9.96. The fourth-order valence-corrected chi connectivity index (χ4v) is 1.17. The van der Waals surface area contributed by atoms with Crippen LogP contribution in [0.5, 0.6) is 5.75 Å². The summed E-state index contributed by atoms with van der Waals surface area (Å²) in [5.74, 6) is 0.753. The number of hydrogen-bond acceptors (Lipinski definition) is 4. The fourth-order valence-electron chi connectivity index (χ4n) is 1.17. The normalized spacial score (nSPS) is 10.9. The lowest BCUT2D eigenvalue weighted by molar-refractivity contribution is -0.00847. The lowest BCUT2D eigenvalue weighted by Crippen LogP contribution is -2.07. The quantitative estimate of drug-likeness (QED) is 0.553. The van der Waals surface area contributed by atoms with Gasteiger partial charge in [0.15, 0.2) is 6.79 Å². The van der Waals surface area contributed by atoms with Crippen molar-refractivity contribution in [3.8, 4) is 5.75 Å². The van der Waals surface area contributed by atoms with E-state index < -0.39 is 0 Å². The predicted molar refractivity (Wildman–Crippen MR) is 65.9 cm³/mol. The third kappa shape index (κ3) is 6.06. The Balaban J connectivity index is 2.28. The van der Waals surface area contributed by atoms with Crippen LogP contribution in [-0.2, 0) is 9.47 Å². The van der Waals surface area contributed by atoms with E-state index in [1.165, 1.54) is 0 Å². The predicted octanol–water partition coefficient (Wildman–Crippen LogP) is 1.69. The maximum Gasteiger partial charge on any atom is 0.189 e. The number of aliphatic hydroxyl groups excluding tert-OH is 1. The van der Waals surface area contributed by atoms with Gasteiger partial charge in [-0.25, -0.2) is 0 Å². The molecule has 0 spiro atoms. The molecule has 0 saturated heterocycles. The van der Waals surface area contributed by atoms with E-state index in [4.69, 9.17) is 19.3 Å². The van der Waals surface area contributed by atoms with Gasteiger partial charge in [0.25, 0.3) is 0 Å². The highest BCUT2D eigenvalue weighted by Gasteiger charge is 1.93. The molecule has 0 atom stereocenters. The zero-order chi connectivity index (χ0) is 12.3. The summed E-state index contributed by atoms with van der Waals surface area (Å²) in [5.41, 5.74) is 1.02. The van der Waals surface area contributed by atoms with Crippen LogP contribution in [0.1, 0.15) is 5.56 Å². The topological polar surface area (TPSA) is 47.9 Å². The smallest absolute Gasteiger partial charge is 0.189 e. The molecule has 1 N–H and O–H groups in total. The van der Waals surface area contributed by atoms with Gasteiger partial charge >= 0.3 is 0 Å². The highest BCUT2D eigenvalue weighted by atomic mass is 16.7. The van der Waals surface area contributed by atoms with Gasteiger partial charge in [0.2, 0.25) is 0 Å². The van der Waals surface area contributed by atoms with Gasteiger partial charge in [0, 0.05) is 7.11 Å². The number of aliphatic hydroxyl groups is 1. The Morgan fingerprint density at radius 2 is 1.94 bits per heavy atom. The summed E-state index contributed by atoms with van der Waals surface area (Å²) in [6, 6.07) is 7.54. The molecule has 17 heavy (non-hydrogen) atoms. The van der Waals surface area contributed by atoms with Gasteiger partial charge in [-0.05, 0) is 17.7 Å². The molecule has 1 rings (SSSR count). The molecule has 4 nitrogen and oxygen atoms in total. The van der Waals surface area contributed by atoms with Crippen LogP contribution in [-0.4, -0.2) is 38.8 Å². The van der Waals surface area contributed by atoms with Crippen molar-refractivity contribution in [2.45, 2.75) is 0 Å². The van der Waals surface area contributed by atoms with Crippen LogP contribution in [0.2, 0.25) is 0 Å². The molecule has 0 aliphatic carbocycles. The second-order valence-electron chi connectivity index (χ2n) is 3.32. The van der Waals surface area contributed by atoms with Crippen LogP contribution in [0.4, 0.5) is 0 Å². The fraction of sp³-hybridized carbons (Fsp3) is 0.385. The highest BCUT2D eigenvalue weighted by Crippen LogP contribution is 2.13. The first-order chi connectivity index (χ1) is 8.36. The second-order valence-corrected chi connectivity index (χ2v) is 3.32. The summed E-state index contributed by atoms with van der Waals surface area (Å²) in [6.45, 7) is 1.35. The van der Waals surface area contributed by atoms with Crippen molar-refractivity contribution in [1.29, 1.82) is 0 Å². The molecular formula is C13H18O4. The minimum Gasteiger partial charge on any atom is -0.468 e. The van der Waals surface area contributed by atoms with Crippen molar-refractivity contribution in [2.75, 3.05) is 33.7 Å². The molecule has 0 heterocycles. The average molecular weight is 238 g/mol. The molecule has 1 aromatic rings. The molecule has 0 bridgehead atoms. The van der Waals surface area contributed by atoms with Crippen molar-refractivity contribution >= 4 is 6.08 Å². The SMILES string of the molecule is COCCOCOc1ccc(/C=C/CO)cc1. The van der Waals surface area contributed by atoms with Crippen LogP contribution in [0.3, 0.4) is 0 Å². The van der Waals surface area contributed by atoms with E-state index in [-0.39, 0.29) is 13.4 Å². The van der Waals surface area contributed by atoms with Gasteiger partial charge in [-0.1, -0.05) is 24.3 Å². The van der Waals surface area contributed by atoms with Crippen molar-refractivity contribution in [3.05, 3.63) is 35.9 Å². The van der Waals surface area contributed by atoms with Crippen LogP contribution in [0.25, 0.3) is 6.08 Å². The molecule has 1 aromatic carbocycles. The Morgan fingerprint density at radius 1 is 1.18 bits per heavy atom. The molecular weight excluding hydrogens is 220 g/mol. The third-order valence-electron chi connectivity index (χ3n) is 2.04. The Kier molecular flexibility index (Phi) is 7.06. The Labute approximate surface area is 101 Å². The van der Waals surface area contributed by atoms with Gasteiger partial charge in [0.1, 0.15) is 5.75 Å². The minimum atomic E-state index is 0.0472. The maximum absolute atomic E-state index is 8.63. The number of methoxy groups -OCH3 is 1. The van der Waals surface area contributed by atoms with E-state index in [0.717, 1.165) is 11.3 Å². The van der Waals surface area contributed by atoms with Crippen LogP contribution in [0.15, 0.2) is 30.3 Å². The standard InChI is InChI=1S/C13H18O4/c1-15-9-10-16-11-17-13-6-4-12(5-7-13)3-2-8-14/h2-7,14H,8-11H2,1H3/b3-2+. The summed E-state index contributed by atoms with van der Waals surface area (Å²) in [6.07, 6.45) is 3.53. The first-order valence-corrected chi connectivity index (χ1v) is 5.43. The lowest BCUT2D eigenvalue weighted by atomic mass is 10.2. The second kappa shape index (κ2) is 8.75. The summed E-state index contributed by atoms with van der Waals surface area (Å²) >= 11 is 0. The average Bonchev–Trinajstić information content (AvgIpc) is 2.37. The largest absolute Gasteiger partial charge is 0.468 e. The van der Waals surface area contributed by atoms with Gasteiger partial charge in [-0.15, -0.1) is 0 Å². The third-order valence-corrected chi connectivity index (χ3v) is 2.04. The molecule has 0 saturated carbocycles. The van der Waals surface area contributed by atoms with Gasteiger partial charge in [-0.3, -0.25) is 0 Å². The first-order valence-electron chi connectivity index (χ1n) is 5.43. The maximum atomic E-state index is 8.63. The van der Waals surface area contributed by atoms with Gasteiger partial charge < -0.3 is 19.3 Å². The van der Waals surface area contributed by atoms with E-state index in [2.05, 4.69) is 0 Å². The van der Waals surface area contributed by atoms with Crippen LogP contribution >= 0.6 is 0 Å². The molecule has 94 valence electrons. The minimum absolute atomic E-state index is 0.0472. The number of ether oxygens (including phenoxy) is 3. The first kappa shape index (κ1) is 13.7. The highest BCUT2D eigenvalue weighted by molar-refractivity contribution is 5.50. The molecule has 0 fully saturated rings. The molecule has 0 aliphatic heterocycles. The number of hydrogen-bond donors (Lipinski definition) is 1. The van der Waals surface area contributed by atoms with E-state index in [1.54, 1.807) is 13.2 Å². The zero-order valence-electron chi connectivity index (χ0n) is 9.96. The summed E-state index contributed by atoms with van der Waals surface area (Å²) in [5, 5.41) is 8.63. The van der Waals surface area contributed by atoms with Gasteiger partial charge in [-0.2, -0.15) is 0 Å². The molecule has 0 aliphatic rings. The van der Waals surface area contributed by atoms with Crippen molar-refractivity contribution in [2.24, 2.45) is 0 Å². The lowest BCUT2D eigenvalue weighted by Gasteiger charge is -2.06. The van der Waals surface area contributed by atoms with Crippen LogP contribution in [0, 0.1) is 0 Å². The number of rotatable bonds is 8. The molecule has 4 heteroatoms. The van der Waals surface area contributed by atoms with Crippen LogP contribution < -0.4 is 4.74 Å². The number of benzene rings is 1.